The summed E-state index contributed by atoms with van der Waals surface area (Å²) in [7, 11) is 1.61. The minimum absolute atomic E-state index is 0.0333. The lowest BCUT2D eigenvalue weighted by Gasteiger charge is -2.34. The van der Waals surface area contributed by atoms with Crippen molar-refractivity contribution in [3.63, 3.8) is 0 Å². The average Bonchev–Trinajstić information content (AvgIpc) is 3.01. The van der Waals surface area contributed by atoms with Crippen LogP contribution in [0.25, 0.3) is 0 Å². The number of nitrogens with zero attached hydrogens (tertiary/aromatic N) is 4. The molecule has 2 atom stereocenters. The van der Waals surface area contributed by atoms with Crippen LogP contribution in [0.15, 0.2) is 12.7 Å². The Morgan fingerprint density at radius 2 is 2.35 bits per heavy atom. The van der Waals surface area contributed by atoms with Gasteiger partial charge in [0.05, 0.1) is 19.3 Å². The normalized spacial score (nSPS) is 20.9. The van der Waals surface area contributed by atoms with Crippen LogP contribution >= 0.6 is 0 Å². The summed E-state index contributed by atoms with van der Waals surface area (Å²) < 4.78 is 12.2. The van der Waals surface area contributed by atoms with Crippen molar-refractivity contribution in [2.45, 2.75) is 31.9 Å². The Kier molecular flexibility index (Phi) is 5.49. The van der Waals surface area contributed by atoms with Crippen LogP contribution < -0.4 is 0 Å². The van der Waals surface area contributed by atoms with Gasteiger partial charge in [-0.1, -0.05) is 0 Å². The molecule has 0 saturated carbocycles. The van der Waals surface area contributed by atoms with Crippen molar-refractivity contribution in [1.29, 1.82) is 0 Å². The third-order valence-electron chi connectivity index (χ3n) is 3.52. The summed E-state index contributed by atoms with van der Waals surface area (Å²) in [5.41, 5.74) is 0. The van der Waals surface area contributed by atoms with E-state index in [0.717, 1.165) is 19.4 Å². The number of methoxy groups -OCH3 is 1. The van der Waals surface area contributed by atoms with Gasteiger partial charge in [0.25, 0.3) is 5.91 Å². The Hall–Kier alpha value is -1.47. The number of carbonyl (C=O) groups is 1. The van der Waals surface area contributed by atoms with Crippen molar-refractivity contribution in [2.24, 2.45) is 0 Å². The molecule has 7 heteroatoms. The molecule has 1 aliphatic heterocycles. The number of amides is 1. The van der Waals surface area contributed by atoms with E-state index in [1.165, 1.54) is 6.33 Å². The Balaban J connectivity index is 1.86. The van der Waals surface area contributed by atoms with Crippen molar-refractivity contribution in [1.82, 2.24) is 19.7 Å². The molecule has 7 nitrogen and oxygen atoms in total. The van der Waals surface area contributed by atoms with E-state index in [2.05, 4.69) is 10.1 Å². The third-order valence-corrected chi connectivity index (χ3v) is 3.52. The van der Waals surface area contributed by atoms with Crippen molar-refractivity contribution >= 4 is 5.91 Å². The monoisotopic (exact) mass is 282 g/mol. The quantitative estimate of drug-likeness (QED) is 0.710. The van der Waals surface area contributed by atoms with Crippen molar-refractivity contribution in [2.75, 3.05) is 33.4 Å². The highest BCUT2D eigenvalue weighted by atomic mass is 16.5. The molecule has 1 fully saturated rings. The van der Waals surface area contributed by atoms with Crippen LogP contribution in [0.1, 0.15) is 25.8 Å². The maximum Gasteiger partial charge on any atom is 0.251 e. The van der Waals surface area contributed by atoms with Gasteiger partial charge >= 0.3 is 0 Å². The Labute approximate surface area is 118 Å². The van der Waals surface area contributed by atoms with E-state index in [0.29, 0.717) is 19.8 Å². The topological polar surface area (TPSA) is 69.5 Å². The van der Waals surface area contributed by atoms with Crippen molar-refractivity contribution in [3.05, 3.63) is 12.7 Å². The molecule has 1 aliphatic rings. The molecular weight excluding hydrogens is 260 g/mol. The number of piperidine rings is 1. The summed E-state index contributed by atoms with van der Waals surface area (Å²) >= 11 is 0. The van der Waals surface area contributed by atoms with Crippen LogP contribution in [0.5, 0.6) is 0 Å². The minimum atomic E-state index is -0.431. The first-order valence-electron chi connectivity index (χ1n) is 6.96. The van der Waals surface area contributed by atoms with Gasteiger partial charge in [-0.15, -0.1) is 0 Å². The maximum absolute atomic E-state index is 12.3. The van der Waals surface area contributed by atoms with Crippen LogP contribution in [0.2, 0.25) is 0 Å². The summed E-state index contributed by atoms with van der Waals surface area (Å²) in [6, 6.07) is 0.210. The van der Waals surface area contributed by atoms with Crippen LogP contribution in [0.3, 0.4) is 0 Å². The van der Waals surface area contributed by atoms with Gasteiger partial charge in [-0.05, 0) is 19.8 Å². The number of carbonyl (C=O) groups excluding carboxylic acids is 1. The Morgan fingerprint density at radius 1 is 1.50 bits per heavy atom. The summed E-state index contributed by atoms with van der Waals surface area (Å²) in [6.07, 6.45) is 4.79. The number of hydrogen-bond donors (Lipinski definition) is 0. The first-order valence-corrected chi connectivity index (χ1v) is 6.96. The predicted octanol–water partition coefficient (Wildman–Crippen LogP) is 0.493. The highest BCUT2D eigenvalue weighted by Gasteiger charge is 2.28. The van der Waals surface area contributed by atoms with Crippen molar-refractivity contribution < 1.29 is 14.3 Å². The highest BCUT2D eigenvalue weighted by Crippen LogP contribution is 2.21. The number of ether oxygens (including phenoxy) is 2. The zero-order chi connectivity index (χ0) is 14.4. The van der Waals surface area contributed by atoms with Gasteiger partial charge in [0.15, 0.2) is 0 Å². The van der Waals surface area contributed by atoms with Gasteiger partial charge in [0.1, 0.15) is 18.8 Å². The fourth-order valence-electron chi connectivity index (χ4n) is 2.41. The van der Waals surface area contributed by atoms with E-state index >= 15 is 0 Å². The smallest absolute Gasteiger partial charge is 0.251 e. The number of hydrogen-bond acceptors (Lipinski definition) is 5. The number of likely N-dealkylation sites (tertiary alicyclic amines) is 1. The number of rotatable bonds is 6. The Bertz CT molecular complexity index is 410. The molecule has 1 amide bonds. The lowest BCUT2D eigenvalue weighted by atomic mass is 10.1. The van der Waals surface area contributed by atoms with E-state index in [9.17, 15) is 4.79 Å². The highest BCUT2D eigenvalue weighted by molar-refractivity contribution is 5.80. The standard InChI is InChI=1S/C13H22N4O3/c1-11(20-7-6-19-2)13(18)16-5-3-4-12(8-16)17-10-14-9-15-17/h9-12H,3-8H2,1-2H3/t11-,12+/m1/s1. The molecule has 0 N–H and O–H groups in total. The molecule has 0 bridgehead atoms. The fourth-order valence-corrected chi connectivity index (χ4v) is 2.41. The summed E-state index contributed by atoms with van der Waals surface area (Å²) in [5, 5.41) is 4.16. The van der Waals surface area contributed by atoms with Gasteiger partial charge in [-0.25, -0.2) is 9.67 Å². The molecule has 20 heavy (non-hydrogen) atoms. The lowest BCUT2D eigenvalue weighted by molar-refractivity contribution is -0.145. The van der Waals surface area contributed by atoms with E-state index in [4.69, 9.17) is 9.47 Å². The maximum atomic E-state index is 12.3. The summed E-state index contributed by atoms with van der Waals surface area (Å²) in [4.78, 5) is 18.1. The molecule has 0 aromatic carbocycles. The zero-order valence-corrected chi connectivity index (χ0v) is 12.1. The van der Waals surface area contributed by atoms with Gasteiger partial charge in [0, 0.05) is 20.2 Å². The average molecular weight is 282 g/mol. The zero-order valence-electron chi connectivity index (χ0n) is 12.1. The molecular formula is C13H22N4O3. The van der Waals surface area contributed by atoms with Crippen LogP contribution in [-0.2, 0) is 14.3 Å². The van der Waals surface area contributed by atoms with Crippen LogP contribution in [0, 0.1) is 0 Å². The molecule has 2 rings (SSSR count). The summed E-state index contributed by atoms with van der Waals surface area (Å²) in [5.74, 6) is 0.0333. The van der Waals surface area contributed by atoms with Crippen molar-refractivity contribution in [3.8, 4) is 0 Å². The lowest BCUT2D eigenvalue weighted by Crippen LogP contribution is -2.45. The summed E-state index contributed by atoms with van der Waals surface area (Å²) in [6.45, 7) is 4.17. The van der Waals surface area contributed by atoms with Crippen LogP contribution in [-0.4, -0.2) is 65.1 Å². The van der Waals surface area contributed by atoms with Gasteiger partial charge < -0.3 is 14.4 Å². The second-order valence-corrected chi connectivity index (χ2v) is 4.96. The molecule has 112 valence electrons. The Morgan fingerprint density at radius 3 is 3.05 bits per heavy atom. The first kappa shape index (κ1) is 14.9. The van der Waals surface area contributed by atoms with E-state index in [1.54, 1.807) is 20.4 Å². The first-order chi connectivity index (χ1) is 9.72. The molecule has 0 aliphatic carbocycles. The molecule has 1 aromatic heterocycles. The molecule has 0 radical (unpaired) electrons. The molecule has 0 spiro atoms. The van der Waals surface area contributed by atoms with Gasteiger partial charge in [0.2, 0.25) is 0 Å². The largest absolute Gasteiger partial charge is 0.382 e. The van der Waals surface area contributed by atoms with E-state index < -0.39 is 6.10 Å². The number of aromatic nitrogens is 3. The molecule has 1 aromatic rings. The van der Waals surface area contributed by atoms with Gasteiger partial charge in [-0.2, -0.15) is 5.10 Å². The van der Waals surface area contributed by atoms with E-state index in [1.807, 2.05) is 9.58 Å². The molecule has 2 heterocycles. The minimum Gasteiger partial charge on any atom is -0.382 e. The molecule has 1 saturated heterocycles. The van der Waals surface area contributed by atoms with Crippen LogP contribution in [0.4, 0.5) is 0 Å². The van der Waals surface area contributed by atoms with Gasteiger partial charge in [-0.3, -0.25) is 4.79 Å². The fraction of sp³-hybridized carbons (Fsp3) is 0.769. The second-order valence-electron chi connectivity index (χ2n) is 4.96. The predicted molar refractivity (Wildman–Crippen MR) is 72.2 cm³/mol. The SMILES string of the molecule is COCCO[C@H](C)C(=O)N1CCC[C@H](n2cncn2)C1. The molecule has 0 unspecified atom stereocenters. The third kappa shape index (κ3) is 3.77. The second kappa shape index (κ2) is 7.35. The van der Waals surface area contributed by atoms with E-state index in [-0.39, 0.29) is 11.9 Å².